The van der Waals surface area contributed by atoms with Crippen molar-refractivity contribution in [2.24, 2.45) is 5.92 Å². The van der Waals surface area contributed by atoms with Crippen molar-refractivity contribution in [1.29, 1.82) is 0 Å². The highest BCUT2D eigenvalue weighted by atomic mass is 16.4. The van der Waals surface area contributed by atoms with Crippen molar-refractivity contribution in [2.45, 2.75) is 19.4 Å². The fourth-order valence-electron chi connectivity index (χ4n) is 2.91. The third kappa shape index (κ3) is 2.54. The molecule has 5 nitrogen and oxygen atoms in total. The number of carboxylic acid groups (broad SMARTS) is 1. The summed E-state index contributed by atoms with van der Waals surface area (Å²) in [6, 6.07) is 5.89. The zero-order valence-electron chi connectivity index (χ0n) is 11.3. The minimum atomic E-state index is -0.790. The minimum Gasteiger partial charge on any atom is -0.481 e. The molecule has 1 aromatic carbocycles. The Morgan fingerprint density at radius 2 is 2.10 bits per heavy atom. The molecule has 0 unspecified atom stereocenters. The maximum absolute atomic E-state index is 12.3. The molecule has 1 aromatic rings. The maximum Gasteiger partial charge on any atom is 0.303 e. The summed E-state index contributed by atoms with van der Waals surface area (Å²) in [7, 11) is 0. The standard InChI is InChI=1S/C15H18N2O3/c18-14(19)5-10-8-17(9-10)15(20)12-2-1-11-3-4-16-7-13(11)6-12/h1-2,6,10,16H,3-5,7-9H2,(H,18,19). The van der Waals surface area contributed by atoms with E-state index in [0.29, 0.717) is 18.7 Å². The highest BCUT2D eigenvalue weighted by Gasteiger charge is 2.32. The second-order valence-electron chi connectivity index (χ2n) is 5.58. The van der Waals surface area contributed by atoms with Gasteiger partial charge >= 0.3 is 5.97 Å². The number of amides is 1. The van der Waals surface area contributed by atoms with Crippen LogP contribution in [0.15, 0.2) is 18.2 Å². The zero-order valence-corrected chi connectivity index (χ0v) is 11.3. The van der Waals surface area contributed by atoms with Crippen molar-refractivity contribution in [2.75, 3.05) is 19.6 Å². The lowest BCUT2D eigenvalue weighted by atomic mass is 9.94. The number of nitrogens with one attached hydrogen (secondary N) is 1. The van der Waals surface area contributed by atoms with Crippen LogP contribution < -0.4 is 5.32 Å². The molecule has 2 aliphatic heterocycles. The number of aliphatic carboxylic acids is 1. The van der Waals surface area contributed by atoms with Gasteiger partial charge in [0.15, 0.2) is 0 Å². The summed E-state index contributed by atoms with van der Waals surface area (Å²) in [5, 5.41) is 12.0. The van der Waals surface area contributed by atoms with Gasteiger partial charge in [-0.3, -0.25) is 9.59 Å². The van der Waals surface area contributed by atoms with E-state index in [1.165, 1.54) is 11.1 Å². The number of rotatable bonds is 3. The Morgan fingerprint density at radius 3 is 2.85 bits per heavy atom. The van der Waals surface area contributed by atoms with E-state index in [9.17, 15) is 9.59 Å². The van der Waals surface area contributed by atoms with Gasteiger partial charge in [0.2, 0.25) is 0 Å². The average molecular weight is 274 g/mol. The molecule has 1 saturated heterocycles. The summed E-state index contributed by atoms with van der Waals surface area (Å²) in [5.74, 6) is -0.669. The predicted octanol–water partition coefficient (Wildman–Crippen LogP) is 0.879. The molecular formula is C15H18N2O3. The monoisotopic (exact) mass is 274 g/mol. The highest BCUT2D eigenvalue weighted by molar-refractivity contribution is 5.95. The first-order valence-corrected chi connectivity index (χ1v) is 6.97. The summed E-state index contributed by atoms with van der Waals surface area (Å²) < 4.78 is 0. The predicted molar refractivity (Wildman–Crippen MR) is 73.5 cm³/mol. The smallest absolute Gasteiger partial charge is 0.303 e. The van der Waals surface area contributed by atoms with Crippen molar-refractivity contribution in [3.8, 4) is 0 Å². The first-order valence-electron chi connectivity index (χ1n) is 6.97. The Bertz CT molecular complexity index is 550. The molecule has 2 heterocycles. The van der Waals surface area contributed by atoms with Crippen molar-refractivity contribution in [3.63, 3.8) is 0 Å². The fraction of sp³-hybridized carbons (Fsp3) is 0.467. The lowest BCUT2D eigenvalue weighted by molar-refractivity contribution is -0.139. The Hall–Kier alpha value is -1.88. The number of hydrogen-bond donors (Lipinski definition) is 2. The van der Waals surface area contributed by atoms with Gasteiger partial charge in [0.1, 0.15) is 0 Å². The van der Waals surface area contributed by atoms with Gasteiger partial charge in [-0.25, -0.2) is 0 Å². The van der Waals surface area contributed by atoms with Crippen molar-refractivity contribution in [1.82, 2.24) is 10.2 Å². The number of fused-ring (bicyclic) bond motifs is 1. The van der Waals surface area contributed by atoms with Crippen LogP contribution in [0.4, 0.5) is 0 Å². The molecule has 0 spiro atoms. The average Bonchev–Trinajstić information content (AvgIpc) is 2.41. The summed E-state index contributed by atoms with van der Waals surface area (Å²) in [4.78, 5) is 24.6. The molecule has 0 aliphatic carbocycles. The van der Waals surface area contributed by atoms with E-state index in [0.717, 1.165) is 19.5 Å². The molecule has 1 fully saturated rings. The molecule has 2 aliphatic rings. The Labute approximate surface area is 117 Å². The van der Waals surface area contributed by atoms with Gasteiger partial charge in [-0.2, -0.15) is 0 Å². The number of carbonyl (C=O) groups excluding carboxylic acids is 1. The molecule has 5 heteroatoms. The molecule has 0 aromatic heterocycles. The molecule has 20 heavy (non-hydrogen) atoms. The summed E-state index contributed by atoms with van der Waals surface area (Å²) in [6.07, 6.45) is 1.16. The van der Waals surface area contributed by atoms with E-state index >= 15 is 0 Å². The lowest BCUT2D eigenvalue weighted by Crippen LogP contribution is -2.50. The van der Waals surface area contributed by atoms with E-state index in [-0.39, 0.29) is 18.2 Å². The van der Waals surface area contributed by atoms with Crippen LogP contribution in [0.3, 0.4) is 0 Å². The number of carboxylic acids is 1. The largest absolute Gasteiger partial charge is 0.481 e. The van der Waals surface area contributed by atoms with Gasteiger partial charge in [-0.15, -0.1) is 0 Å². The van der Waals surface area contributed by atoms with Crippen molar-refractivity contribution in [3.05, 3.63) is 34.9 Å². The summed E-state index contributed by atoms with van der Waals surface area (Å²) >= 11 is 0. The van der Waals surface area contributed by atoms with E-state index in [2.05, 4.69) is 5.32 Å². The Morgan fingerprint density at radius 1 is 1.30 bits per heavy atom. The normalized spacial score (nSPS) is 18.3. The number of likely N-dealkylation sites (tertiary alicyclic amines) is 1. The molecule has 0 saturated carbocycles. The molecule has 0 bridgehead atoms. The van der Waals surface area contributed by atoms with Crippen LogP contribution in [0.1, 0.15) is 27.9 Å². The van der Waals surface area contributed by atoms with E-state index in [1.54, 1.807) is 4.90 Å². The van der Waals surface area contributed by atoms with Crippen LogP contribution in [-0.2, 0) is 17.8 Å². The van der Waals surface area contributed by atoms with E-state index in [4.69, 9.17) is 5.11 Å². The van der Waals surface area contributed by atoms with E-state index in [1.807, 2.05) is 18.2 Å². The first-order chi connectivity index (χ1) is 9.63. The quantitative estimate of drug-likeness (QED) is 0.858. The number of benzene rings is 1. The third-order valence-electron chi connectivity index (χ3n) is 4.05. The van der Waals surface area contributed by atoms with Gasteiger partial charge in [-0.1, -0.05) is 6.07 Å². The third-order valence-corrected chi connectivity index (χ3v) is 4.05. The van der Waals surface area contributed by atoms with Gasteiger partial charge in [0, 0.05) is 31.1 Å². The lowest BCUT2D eigenvalue weighted by Gasteiger charge is -2.38. The molecule has 1 amide bonds. The van der Waals surface area contributed by atoms with Crippen molar-refractivity contribution >= 4 is 11.9 Å². The van der Waals surface area contributed by atoms with Crippen molar-refractivity contribution < 1.29 is 14.7 Å². The number of nitrogens with zero attached hydrogens (tertiary/aromatic N) is 1. The zero-order chi connectivity index (χ0) is 14.1. The Kier molecular flexibility index (Phi) is 3.44. The second kappa shape index (κ2) is 5.25. The molecule has 0 atom stereocenters. The molecular weight excluding hydrogens is 256 g/mol. The van der Waals surface area contributed by atoms with Crippen LogP contribution >= 0.6 is 0 Å². The topological polar surface area (TPSA) is 69.6 Å². The number of hydrogen-bond acceptors (Lipinski definition) is 3. The van der Waals surface area contributed by atoms with E-state index < -0.39 is 5.97 Å². The first kappa shape index (κ1) is 13.1. The SMILES string of the molecule is O=C(O)CC1CN(C(=O)c2ccc3c(c2)CNCC3)C1. The number of carbonyl (C=O) groups is 2. The molecule has 106 valence electrons. The van der Waals surface area contributed by atoms with Crippen LogP contribution in [-0.4, -0.2) is 41.5 Å². The van der Waals surface area contributed by atoms with Gasteiger partial charge in [0.05, 0.1) is 6.42 Å². The highest BCUT2D eigenvalue weighted by Crippen LogP contribution is 2.23. The second-order valence-corrected chi connectivity index (χ2v) is 5.58. The fourth-order valence-corrected chi connectivity index (χ4v) is 2.91. The molecule has 0 radical (unpaired) electrons. The summed E-state index contributed by atoms with van der Waals surface area (Å²) in [5.41, 5.74) is 3.22. The van der Waals surface area contributed by atoms with Crippen LogP contribution in [0, 0.1) is 5.92 Å². The van der Waals surface area contributed by atoms with Gasteiger partial charge in [0.25, 0.3) is 5.91 Å². The molecule has 2 N–H and O–H groups in total. The van der Waals surface area contributed by atoms with Crippen LogP contribution in [0.5, 0.6) is 0 Å². The Balaban J connectivity index is 1.65. The minimum absolute atomic E-state index is 0.0139. The van der Waals surface area contributed by atoms with Crippen LogP contribution in [0.2, 0.25) is 0 Å². The summed E-state index contributed by atoms with van der Waals surface area (Å²) in [6.45, 7) is 2.92. The van der Waals surface area contributed by atoms with Gasteiger partial charge in [-0.05, 0) is 36.2 Å². The maximum atomic E-state index is 12.3. The van der Waals surface area contributed by atoms with Crippen LogP contribution in [0.25, 0.3) is 0 Å². The molecule has 3 rings (SSSR count). The van der Waals surface area contributed by atoms with Gasteiger partial charge < -0.3 is 15.3 Å².